The maximum Gasteiger partial charge on any atom is 0.243 e. The van der Waals surface area contributed by atoms with Gasteiger partial charge in [-0.25, -0.2) is 8.42 Å². The molecule has 2 fully saturated rings. The van der Waals surface area contributed by atoms with Crippen LogP contribution in [0.4, 0.5) is 0 Å². The Balaban J connectivity index is 1.94. The van der Waals surface area contributed by atoms with Crippen molar-refractivity contribution < 1.29 is 13.2 Å². The summed E-state index contributed by atoms with van der Waals surface area (Å²) in [7, 11) is -3.43. The monoisotopic (exact) mass is 309 g/mol. The third-order valence-electron chi connectivity index (χ3n) is 4.51. The van der Waals surface area contributed by atoms with E-state index in [1.54, 1.807) is 16.4 Å². The van der Waals surface area contributed by atoms with Crippen LogP contribution in [0.25, 0.3) is 0 Å². The number of sulfonamides is 1. The van der Waals surface area contributed by atoms with Crippen LogP contribution in [0.3, 0.4) is 0 Å². The largest absolute Gasteiger partial charge is 0.372 e. The first-order valence-corrected chi connectivity index (χ1v) is 9.16. The fourth-order valence-electron chi connectivity index (χ4n) is 3.42. The van der Waals surface area contributed by atoms with Gasteiger partial charge in [0.2, 0.25) is 10.0 Å². The summed E-state index contributed by atoms with van der Waals surface area (Å²) in [5.41, 5.74) is 1.07. The summed E-state index contributed by atoms with van der Waals surface area (Å²) >= 11 is 0. The summed E-state index contributed by atoms with van der Waals surface area (Å²) in [6.45, 7) is 4.38. The lowest BCUT2D eigenvalue weighted by atomic mass is 9.91. The lowest BCUT2D eigenvalue weighted by molar-refractivity contribution is -0.101. The fourth-order valence-corrected chi connectivity index (χ4v) is 5.17. The highest BCUT2D eigenvalue weighted by atomic mass is 32.2. The van der Waals surface area contributed by atoms with Crippen LogP contribution in [-0.2, 0) is 14.8 Å². The first-order valence-electron chi connectivity index (χ1n) is 7.72. The maximum absolute atomic E-state index is 13.0. The highest BCUT2D eigenvalue weighted by Gasteiger charge is 2.42. The molecule has 1 aromatic rings. The Kier molecular flexibility index (Phi) is 4.08. The van der Waals surface area contributed by atoms with Crippen molar-refractivity contribution in [3.05, 3.63) is 29.8 Å². The lowest BCUT2D eigenvalue weighted by Gasteiger charge is -2.45. The summed E-state index contributed by atoms with van der Waals surface area (Å²) in [6, 6.07) is 7.14. The van der Waals surface area contributed by atoms with Crippen molar-refractivity contribution in [1.29, 1.82) is 0 Å². The van der Waals surface area contributed by atoms with Crippen molar-refractivity contribution in [3.63, 3.8) is 0 Å². The van der Waals surface area contributed by atoms with Crippen LogP contribution in [0.2, 0.25) is 0 Å². The third-order valence-corrected chi connectivity index (χ3v) is 6.41. The number of aryl methyl sites for hydroxylation is 1. The van der Waals surface area contributed by atoms with Gasteiger partial charge in [0.15, 0.2) is 0 Å². The van der Waals surface area contributed by atoms with Crippen LogP contribution in [0.5, 0.6) is 0 Å². The quantitative estimate of drug-likeness (QED) is 0.844. The molecule has 0 radical (unpaired) electrons. The van der Waals surface area contributed by atoms with E-state index in [-0.39, 0.29) is 18.2 Å². The van der Waals surface area contributed by atoms with Gasteiger partial charge in [-0.1, -0.05) is 30.5 Å². The van der Waals surface area contributed by atoms with E-state index in [0.717, 1.165) is 31.2 Å². The van der Waals surface area contributed by atoms with Gasteiger partial charge in [-0.3, -0.25) is 0 Å². The second-order valence-electron chi connectivity index (χ2n) is 6.22. The Bertz CT molecular complexity index is 596. The number of ether oxygens (including phenoxy) is 1. The standard InChI is InChI=1S/C16H23NO3S/c1-12-7-9-14(10-8-12)21(18,19)17-11-13(2)20-16-6-4-3-5-15(16)17/h7-10,13,15-16H,3-6,11H2,1-2H3/t13-,15+,16+/m1/s1. The predicted molar refractivity (Wildman–Crippen MR) is 81.7 cm³/mol. The Labute approximate surface area is 127 Å². The SMILES string of the molecule is Cc1ccc(S(=O)(=O)N2C[C@@H](C)O[C@H]3CCCC[C@@H]32)cc1. The normalized spacial score (nSPS) is 30.9. The van der Waals surface area contributed by atoms with E-state index in [2.05, 4.69) is 0 Å². The molecule has 21 heavy (non-hydrogen) atoms. The zero-order valence-corrected chi connectivity index (χ0v) is 13.5. The minimum absolute atomic E-state index is 0.00116. The Morgan fingerprint density at radius 1 is 1.14 bits per heavy atom. The van der Waals surface area contributed by atoms with E-state index in [4.69, 9.17) is 4.74 Å². The van der Waals surface area contributed by atoms with Crippen LogP contribution in [0, 0.1) is 6.92 Å². The van der Waals surface area contributed by atoms with Crippen LogP contribution >= 0.6 is 0 Å². The molecule has 0 unspecified atom stereocenters. The van der Waals surface area contributed by atoms with Crippen LogP contribution in [0.15, 0.2) is 29.2 Å². The van der Waals surface area contributed by atoms with E-state index in [0.29, 0.717) is 11.4 Å². The number of morpholine rings is 1. The first kappa shape index (κ1) is 15.0. The zero-order chi connectivity index (χ0) is 15.0. The van der Waals surface area contributed by atoms with Crippen molar-refractivity contribution in [2.45, 2.75) is 62.7 Å². The summed E-state index contributed by atoms with van der Waals surface area (Å²) in [6.07, 6.45) is 4.11. The van der Waals surface area contributed by atoms with Gasteiger partial charge in [0, 0.05) is 6.54 Å². The second-order valence-corrected chi connectivity index (χ2v) is 8.12. The molecule has 3 rings (SSSR count). The number of fused-ring (bicyclic) bond motifs is 1. The molecule has 1 aromatic carbocycles. The van der Waals surface area contributed by atoms with Crippen molar-refractivity contribution in [1.82, 2.24) is 4.31 Å². The maximum atomic E-state index is 13.0. The molecule has 0 bridgehead atoms. The molecule has 1 aliphatic carbocycles. The van der Waals surface area contributed by atoms with Gasteiger partial charge in [0.1, 0.15) is 0 Å². The van der Waals surface area contributed by atoms with E-state index in [1.165, 1.54) is 0 Å². The molecule has 0 N–H and O–H groups in total. The number of benzene rings is 1. The smallest absolute Gasteiger partial charge is 0.243 e. The summed E-state index contributed by atoms with van der Waals surface area (Å²) in [5, 5.41) is 0. The highest BCUT2D eigenvalue weighted by Crippen LogP contribution is 2.34. The summed E-state index contributed by atoms with van der Waals surface area (Å²) in [5.74, 6) is 0. The van der Waals surface area contributed by atoms with E-state index in [1.807, 2.05) is 26.0 Å². The zero-order valence-electron chi connectivity index (χ0n) is 12.7. The molecule has 1 aliphatic heterocycles. The van der Waals surface area contributed by atoms with Crippen LogP contribution in [-0.4, -0.2) is 37.5 Å². The number of rotatable bonds is 2. The van der Waals surface area contributed by atoms with Crippen molar-refractivity contribution in [2.75, 3.05) is 6.54 Å². The number of hydrogen-bond donors (Lipinski definition) is 0. The number of nitrogens with zero attached hydrogens (tertiary/aromatic N) is 1. The average Bonchev–Trinajstić information content (AvgIpc) is 2.46. The van der Waals surface area contributed by atoms with Crippen LogP contribution < -0.4 is 0 Å². The van der Waals surface area contributed by atoms with E-state index in [9.17, 15) is 8.42 Å². The van der Waals surface area contributed by atoms with Gasteiger partial charge in [-0.15, -0.1) is 0 Å². The summed E-state index contributed by atoms with van der Waals surface area (Å²) in [4.78, 5) is 0.395. The molecule has 0 aromatic heterocycles. The molecule has 1 saturated carbocycles. The Morgan fingerprint density at radius 3 is 2.52 bits per heavy atom. The summed E-state index contributed by atoms with van der Waals surface area (Å²) < 4.78 is 33.6. The molecule has 1 saturated heterocycles. The minimum atomic E-state index is -3.43. The van der Waals surface area contributed by atoms with Gasteiger partial charge < -0.3 is 4.74 Å². The fraction of sp³-hybridized carbons (Fsp3) is 0.625. The van der Waals surface area contributed by atoms with Gasteiger partial charge in [-0.05, 0) is 38.8 Å². The molecular formula is C16H23NO3S. The predicted octanol–water partition coefficient (Wildman–Crippen LogP) is 2.72. The molecule has 2 aliphatic rings. The van der Waals surface area contributed by atoms with Crippen molar-refractivity contribution in [3.8, 4) is 0 Å². The van der Waals surface area contributed by atoms with Crippen LogP contribution in [0.1, 0.15) is 38.2 Å². The third kappa shape index (κ3) is 2.87. The van der Waals surface area contributed by atoms with Gasteiger partial charge in [0.25, 0.3) is 0 Å². The Hall–Kier alpha value is -0.910. The minimum Gasteiger partial charge on any atom is -0.372 e. The first-order chi connectivity index (χ1) is 9.98. The van der Waals surface area contributed by atoms with E-state index < -0.39 is 10.0 Å². The second kappa shape index (κ2) is 5.71. The Morgan fingerprint density at radius 2 is 1.81 bits per heavy atom. The molecule has 3 atom stereocenters. The molecular weight excluding hydrogens is 286 g/mol. The number of hydrogen-bond acceptors (Lipinski definition) is 3. The van der Waals surface area contributed by atoms with Crippen molar-refractivity contribution in [2.24, 2.45) is 0 Å². The molecule has 5 heteroatoms. The van der Waals surface area contributed by atoms with Crippen molar-refractivity contribution >= 4 is 10.0 Å². The topological polar surface area (TPSA) is 46.6 Å². The molecule has 0 spiro atoms. The molecule has 116 valence electrons. The van der Waals surface area contributed by atoms with Gasteiger partial charge >= 0.3 is 0 Å². The van der Waals surface area contributed by atoms with E-state index >= 15 is 0 Å². The molecule has 4 nitrogen and oxygen atoms in total. The average molecular weight is 309 g/mol. The highest BCUT2D eigenvalue weighted by molar-refractivity contribution is 7.89. The molecule has 1 heterocycles. The lowest BCUT2D eigenvalue weighted by Crippen LogP contribution is -2.57. The molecule has 0 amide bonds. The van der Waals surface area contributed by atoms with Gasteiger partial charge in [-0.2, -0.15) is 4.31 Å². The van der Waals surface area contributed by atoms with Gasteiger partial charge in [0.05, 0.1) is 23.1 Å².